The Labute approximate surface area is 201 Å². The van der Waals surface area contributed by atoms with E-state index in [1.54, 1.807) is 28.8 Å². The fourth-order valence-corrected chi connectivity index (χ4v) is 4.72. The molecule has 0 spiro atoms. The van der Waals surface area contributed by atoms with Gasteiger partial charge in [-0.15, -0.1) is 0 Å². The van der Waals surface area contributed by atoms with E-state index in [9.17, 15) is 14.7 Å². The largest absolute Gasteiger partial charge is 0.477 e. The molecular formula is C26H26FN5O3. The molecule has 1 aromatic carbocycles. The molecule has 1 fully saturated rings. The van der Waals surface area contributed by atoms with Crippen molar-refractivity contribution in [2.75, 3.05) is 6.54 Å². The molecule has 9 heteroatoms. The second kappa shape index (κ2) is 9.05. The molecular weight excluding hydrogens is 449 g/mol. The van der Waals surface area contributed by atoms with Gasteiger partial charge in [-0.25, -0.2) is 23.7 Å². The minimum absolute atomic E-state index is 0.0332. The summed E-state index contributed by atoms with van der Waals surface area (Å²) in [4.78, 5) is 35.1. The molecule has 5 rings (SSSR count). The summed E-state index contributed by atoms with van der Waals surface area (Å²) in [7, 11) is 0. The zero-order valence-corrected chi connectivity index (χ0v) is 19.7. The number of carbonyl (C=O) groups excluding carboxylic acids is 1. The maximum absolute atomic E-state index is 15.5. The molecule has 0 saturated carbocycles. The van der Waals surface area contributed by atoms with Crippen molar-refractivity contribution in [2.24, 2.45) is 0 Å². The third-order valence-corrected chi connectivity index (χ3v) is 6.69. The molecule has 0 aliphatic carbocycles. The van der Waals surface area contributed by atoms with Crippen molar-refractivity contribution in [2.45, 2.75) is 52.0 Å². The fraction of sp³-hybridized carbons (Fsp3) is 0.346. The van der Waals surface area contributed by atoms with Gasteiger partial charge in [0.1, 0.15) is 16.9 Å². The van der Waals surface area contributed by atoms with Gasteiger partial charge < -0.3 is 10.0 Å². The van der Waals surface area contributed by atoms with Gasteiger partial charge in [0.25, 0.3) is 5.91 Å². The molecule has 0 bridgehead atoms. The Hall–Kier alpha value is -3.88. The Bertz CT molecular complexity index is 1460. The summed E-state index contributed by atoms with van der Waals surface area (Å²) >= 11 is 0. The van der Waals surface area contributed by atoms with Gasteiger partial charge >= 0.3 is 5.97 Å². The van der Waals surface area contributed by atoms with Crippen molar-refractivity contribution in [1.82, 2.24) is 24.5 Å². The van der Waals surface area contributed by atoms with E-state index in [1.165, 1.54) is 12.1 Å². The number of halogens is 1. The summed E-state index contributed by atoms with van der Waals surface area (Å²) in [5.41, 5.74) is 1.87. The van der Waals surface area contributed by atoms with E-state index in [0.29, 0.717) is 35.4 Å². The van der Waals surface area contributed by atoms with Crippen molar-refractivity contribution in [3.8, 4) is 11.3 Å². The lowest BCUT2D eigenvalue weighted by molar-refractivity contribution is 0.0682. The lowest BCUT2D eigenvalue weighted by Crippen LogP contribution is -2.38. The summed E-state index contributed by atoms with van der Waals surface area (Å²) in [6.45, 7) is 4.76. The number of amides is 1. The second-order valence-corrected chi connectivity index (χ2v) is 8.98. The van der Waals surface area contributed by atoms with Crippen LogP contribution in [-0.2, 0) is 6.42 Å². The smallest absolute Gasteiger partial charge is 0.354 e. The van der Waals surface area contributed by atoms with Crippen molar-refractivity contribution >= 4 is 28.4 Å². The Balaban J connectivity index is 1.59. The first-order valence-corrected chi connectivity index (χ1v) is 11.9. The number of benzene rings is 1. The van der Waals surface area contributed by atoms with Crippen LogP contribution in [-0.4, -0.2) is 54.1 Å². The predicted octanol–water partition coefficient (Wildman–Crippen LogP) is 4.75. The van der Waals surface area contributed by atoms with Crippen LogP contribution in [0, 0.1) is 5.82 Å². The van der Waals surface area contributed by atoms with E-state index in [-0.39, 0.29) is 28.7 Å². The Morgan fingerprint density at radius 3 is 2.66 bits per heavy atom. The summed E-state index contributed by atoms with van der Waals surface area (Å²) in [6.07, 6.45) is 4.80. The average molecular weight is 476 g/mol. The molecule has 3 aromatic heterocycles. The van der Waals surface area contributed by atoms with Crippen LogP contribution in [0.25, 0.3) is 27.8 Å². The van der Waals surface area contributed by atoms with Crippen LogP contribution < -0.4 is 0 Å². The summed E-state index contributed by atoms with van der Waals surface area (Å²) in [6, 6.07) is 9.71. The number of fused-ring (bicyclic) bond motifs is 2. The van der Waals surface area contributed by atoms with Crippen LogP contribution in [0.15, 0.2) is 36.4 Å². The standard InChI is InChI=1S/C26H26FN5O3/c1-3-17-13-21(25(33)31-12-6-4-5-7-15(31)2)28-22-14-20(30-32(17)22)18-10-8-16-9-11-19(26(34)35)29-24(16)23(18)27/h8-11,13-15H,3-7,12H2,1-2H3,(H,34,35)/t15-/m1/s1. The summed E-state index contributed by atoms with van der Waals surface area (Å²) in [5, 5.41) is 14.3. The van der Waals surface area contributed by atoms with E-state index in [2.05, 4.69) is 22.0 Å². The van der Waals surface area contributed by atoms with Crippen LogP contribution >= 0.6 is 0 Å². The number of aromatic nitrogens is 4. The van der Waals surface area contributed by atoms with E-state index in [0.717, 1.165) is 31.4 Å². The van der Waals surface area contributed by atoms with Gasteiger partial charge in [0.2, 0.25) is 0 Å². The zero-order valence-electron chi connectivity index (χ0n) is 19.7. The highest BCUT2D eigenvalue weighted by Crippen LogP contribution is 2.29. The highest BCUT2D eigenvalue weighted by molar-refractivity contribution is 5.94. The monoisotopic (exact) mass is 475 g/mol. The van der Waals surface area contributed by atoms with Crippen molar-refractivity contribution in [3.05, 3.63) is 59.3 Å². The highest BCUT2D eigenvalue weighted by Gasteiger charge is 2.25. The molecule has 0 unspecified atom stereocenters. The minimum atomic E-state index is -1.22. The average Bonchev–Trinajstić information content (AvgIpc) is 3.17. The molecule has 1 N–H and O–H groups in total. The molecule has 35 heavy (non-hydrogen) atoms. The Morgan fingerprint density at radius 1 is 1.09 bits per heavy atom. The number of aromatic carboxylic acids is 1. The minimum Gasteiger partial charge on any atom is -0.477 e. The molecule has 1 saturated heterocycles. The molecule has 4 aromatic rings. The quantitative estimate of drug-likeness (QED) is 0.457. The van der Waals surface area contributed by atoms with Crippen LogP contribution in [0.5, 0.6) is 0 Å². The number of carboxylic acids is 1. The number of hydrogen-bond acceptors (Lipinski definition) is 5. The first-order chi connectivity index (χ1) is 16.9. The van der Waals surface area contributed by atoms with Crippen molar-refractivity contribution < 1.29 is 19.1 Å². The topological polar surface area (TPSA) is 101 Å². The van der Waals surface area contributed by atoms with Crippen molar-refractivity contribution in [3.63, 3.8) is 0 Å². The first kappa shape index (κ1) is 22.9. The predicted molar refractivity (Wildman–Crippen MR) is 129 cm³/mol. The molecule has 1 aliphatic heterocycles. The van der Waals surface area contributed by atoms with Crippen LogP contribution in [0.3, 0.4) is 0 Å². The number of rotatable bonds is 4. The van der Waals surface area contributed by atoms with E-state index < -0.39 is 11.8 Å². The maximum atomic E-state index is 15.5. The highest BCUT2D eigenvalue weighted by atomic mass is 19.1. The van der Waals surface area contributed by atoms with Crippen LogP contribution in [0.1, 0.15) is 66.2 Å². The van der Waals surface area contributed by atoms with Gasteiger partial charge in [-0.2, -0.15) is 5.10 Å². The van der Waals surface area contributed by atoms with E-state index >= 15 is 4.39 Å². The number of aryl methyl sites for hydroxylation is 1. The number of likely N-dealkylation sites (tertiary alicyclic amines) is 1. The molecule has 1 amide bonds. The number of hydrogen-bond donors (Lipinski definition) is 1. The molecule has 0 radical (unpaired) electrons. The van der Waals surface area contributed by atoms with Gasteiger partial charge in [-0.3, -0.25) is 4.79 Å². The van der Waals surface area contributed by atoms with E-state index in [4.69, 9.17) is 0 Å². The van der Waals surface area contributed by atoms with Gasteiger partial charge in [0.05, 0.1) is 5.69 Å². The summed E-state index contributed by atoms with van der Waals surface area (Å²) < 4.78 is 17.1. The lowest BCUT2D eigenvalue weighted by Gasteiger charge is -2.27. The second-order valence-electron chi connectivity index (χ2n) is 8.98. The van der Waals surface area contributed by atoms with Gasteiger partial charge in [-0.1, -0.05) is 31.9 Å². The van der Waals surface area contributed by atoms with Gasteiger partial charge in [-0.05, 0) is 44.4 Å². The number of pyridine rings is 1. The third kappa shape index (κ3) is 4.11. The van der Waals surface area contributed by atoms with Crippen LogP contribution in [0.4, 0.5) is 4.39 Å². The molecule has 1 aliphatic rings. The number of nitrogens with zero attached hydrogens (tertiary/aromatic N) is 5. The fourth-order valence-electron chi connectivity index (χ4n) is 4.72. The number of carbonyl (C=O) groups is 2. The molecule has 180 valence electrons. The van der Waals surface area contributed by atoms with Gasteiger partial charge in [0.15, 0.2) is 11.5 Å². The molecule has 4 heterocycles. The molecule has 8 nitrogen and oxygen atoms in total. The Morgan fingerprint density at radius 2 is 1.89 bits per heavy atom. The number of carboxylic acid groups (broad SMARTS) is 1. The summed E-state index contributed by atoms with van der Waals surface area (Å²) in [5.74, 6) is -1.97. The zero-order chi connectivity index (χ0) is 24.7. The normalized spacial score (nSPS) is 16.5. The first-order valence-electron chi connectivity index (χ1n) is 11.9. The van der Waals surface area contributed by atoms with Crippen molar-refractivity contribution in [1.29, 1.82) is 0 Å². The van der Waals surface area contributed by atoms with Gasteiger partial charge in [0, 0.05) is 35.3 Å². The Kier molecular flexibility index (Phi) is 5.92. The SMILES string of the molecule is CCc1cc(C(=O)N2CCCCC[C@H]2C)nc2cc(-c3ccc4ccc(C(=O)O)nc4c3F)nn12. The maximum Gasteiger partial charge on any atom is 0.354 e. The van der Waals surface area contributed by atoms with Crippen LogP contribution in [0.2, 0.25) is 0 Å². The van der Waals surface area contributed by atoms with E-state index in [1.807, 2.05) is 11.8 Å². The molecule has 1 atom stereocenters. The lowest BCUT2D eigenvalue weighted by atomic mass is 10.1. The third-order valence-electron chi connectivity index (χ3n) is 6.69.